The molecule has 34 heavy (non-hydrogen) atoms. The normalized spacial score (nSPS) is 16.1. The van der Waals surface area contributed by atoms with Crippen LogP contribution in [0.25, 0.3) is 0 Å². The minimum atomic E-state index is -0.420. The number of aromatic nitrogens is 2. The SMILES string of the molecule is C=CC(=O)Nc1cccc(NC(=O)c2cccc(N3N=C4C(=CCc5c4no[n+]5[O-])[NH+]3[O-])c2)c1. The summed E-state index contributed by atoms with van der Waals surface area (Å²) < 4.78 is 4.63. The Bertz CT molecular complexity index is 1390. The number of allylic oxidation sites excluding steroid dienone is 2. The van der Waals surface area contributed by atoms with Gasteiger partial charge in [-0.3, -0.25) is 14.2 Å². The van der Waals surface area contributed by atoms with Gasteiger partial charge in [-0.1, -0.05) is 18.7 Å². The van der Waals surface area contributed by atoms with Crippen LogP contribution >= 0.6 is 0 Å². The quantitative estimate of drug-likeness (QED) is 0.374. The van der Waals surface area contributed by atoms with E-state index in [1.54, 1.807) is 48.5 Å². The van der Waals surface area contributed by atoms with E-state index in [0.717, 1.165) is 11.2 Å². The number of amides is 2. The van der Waals surface area contributed by atoms with E-state index in [4.69, 9.17) is 0 Å². The van der Waals surface area contributed by atoms with E-state index in [9.17, 15) is 20.0 Å². The first kappa shape index (κ1) is 21.1. The molecule has 2 heterocycles. The van der Waals surface area contributed by atoms with Crippen molar-refractivity contribution in [2.45, 2.75) is 6.42 Å². The molecular weight excluding hydrogens is 442 g/mol. The molecule has 2 aliphatic rings. The number of hydroxylamine groups is 1. The van der Waals surface area contributed by atoms with E-state index >= 15 is 0 Å². The third-order valence-electron chi connectivity index (χ3n) is 5.23. The van der Waals surface area contributed by atoms with Crippen molar-refractivity contribution in [1.82, 2.24) is 5.16 Å². The topological polar surface area (TPSA) is 154 Å². The first-order valence-corrected chi connectivity index (χ1v) is 10.1. The molecule has 3 N–H and O–H groups in total. The van der Waals surface area contributed by atoms with E-state index in [1.807, 2.05) is 0 Å². The Kier molecular flexibility index (Phi) is 5.12. The van der Waals surface area contributed by atoms with Gasteiger partial charge < -0.3 is 21.0 Å². The van der Waals surface area contributed by atoms with E-state index in [1.165, 1.54) is 6.07 Å². The fourth-order valence-electron chi connectivity index (χ4n) is 3.61. The molecule has 170 valence electrons. The molecule has 12 nitrogen and oxygen atoms in total. The maximum atomic E-state index is 12.9. The number of anilines is 3. The second-order valence-corrected chi connectivity index (χ2v) is 7.39. The molecule has 0 saturated carbocycles. The van der Waals surface area contributed by atoms with Gasteiger partial charge in [0, 0.05) is 28.5 Å². The average Bonchev–Trinajstić information content (AvgIpc) is 3.39. The fourth-order valence-corrected chi connectivity index (χ4v) is 3.61. The first-order valence-electron chi connectivity index (χ1n) is 10.1. The predicted molar refractivity (Wildman–Crippen MR) is 120 cm³/mol. The van der Waals surface area contributed by atoms with E-state index < -0.39 is 11.1 Å². The lowest BCUT2D eigenvalue weighted by molar-refractivity contribution is -0.809. The molecule has 0 fully saturated rings. The predicted octanol–water partition coefficient (Wildman–Crippen LogP) is 0.647. The number of hydrogen-bond donors (Lipinski definition) is 3. The second-order valence-electron chi connectivity index (χ2n) is 7.39. The smallest absolute Gasteiger partial charge is 0.278 e. The lowest BCUT2D eigenvalue weighted by atomic mass is 10.0. The summed E-state index contributed by atoms with van der Waals surface area (Å²) in [5.41, 5.74) is 2.68. The highest BCUT2D eigenvalue weighted by atomic mass is 16.8. The van der Waals surface area contributed by atoms with Crippen molar-refractivity contribution in [3.05, 3.63) is 100 Å². The van der Waals surface area contributed by atoms with E-state index in [0.29, 0.717) is 27.7 Å². The Hall–Kier alpha value is -4.81. The molecule has 0 bridgehead atoms. The molecular formula is C22H17N7O5. The molecule has 1 atom stereocenters. The number of quaternary nitrogens is 1. The molecule has 5 rings (SSSR count). The van der Waals surface area contributed by atoms with Crippen LogP contribution in [0.4, 0.5) is 17.1 Å². The van der Waals surface area contributed by atoms with Crippen LogP contribution in [0.2, 0.25) is 0 Å². The summed E-state index contributed by atoms with van der Waals surface area (Å²) in [5, 5.41) is 38.8. The molecule has 1 aromatic heterocycles. The summed E-state index contributed by atoms with van der Waals surface area (Å²) in [5.74, 6) is -0.789. The molecule has 12 heteroatoms. The number of nitrogens with one attached hydrogen (secondary N) is 3. The van der Waals surface area contributed by atoms with Crippen molar-refractivity contribution >= 4 is 34.6 Å². The fraction of sp³-hybridized carbons (Fsp3) is 0.0455. The van der Waals surface area contributed by atoms with Gasteiger partial charge in [-0.2, -0.15) is 0 Å². The molecule has 0 saturated heterocycles. The van der Waals surface area contributed by atoms with Crippen molar-refractivity contribution in [1.29, 1.82) is 0 Å². The maximum Gasteiger partial charge on any atom is 0.278 e. The summed E-state index contributed by atoms with van der Waals surface area (Å²) in [6, 6.07) is 13.0. The van der Waals surface area contributed by atoms with Crippen LogP contribution in [0.15, 0.2) is 82.7 Å². The number of fused-ring (bicyclic) bond motifs is 3. The molecule has 2 amide bonds. The number of nitrogens with zero attached hydrogens (tertiary/aromatic N) is 4. The first-order chi connectivity index (χ1) is 16.4. The van der Waals surface area contributed by atoms with Gasteiger partial charge in [-0.15, -0.1) is 10.2 Å². The zero-order valence-corrected chi connectivity index (χ0v) is 17.5. The summed E-state index contributed by atoms with van der Waals surface area (Å²) >= 11 is 0. The number of rotatable bonds is 5. The number of hydrogen-bond acceptors (Lipinski definition) is 8. The van der Waals surface area contributed by atoms with Crippen LogP contribution in [-0.4, -0.2) is 22.7 Å². The van der Waals surface area contributed by atoms with Crippen molar-refractivity contribution in [2.75, 3.05) is 15.8 Å². The van der Waals surface area contributed by atoms with Gasteiger partial charge in [-0.05, 0) is 53.5 Å². The molecule has 1 unspecified atom stereocenters. The van der Waals surface area contributed by atoms with Crippen LogP contribution < -0.4 is 25.8 Å². The molecule has 2 aromatic carbocycles. The second kappa shape index (κ2) is 8.27. The zero-order valence-electron chi connectivity index (χ0n) is 17.5. The molecule has 3 aromatic rings. The van der Waals surface area contributed by atoms with Gasteiger partial charge in [0.2, 0.25) is 17.3 Å². The zero-order chi connectivity index (χ0) is 23.8. The minimum Gasteiger partial charge on any atom is -0.601 e. The summed E-state index contributed by atoms with van der Waals surface area (Å²) in [4.78, 5) is 24.6. The van der Waals surface area contributed by atoms with Crippen LogP contribution in [0.1, 0.15) is 21.7 Å². The largest absolute Gasteiger partial charge is 0.601 e. The van der Waals surface area contributed by atoms with Crippen LogP contribution in [-0.2, 0) is 11.2 Å². The Morgan fingerprint density at radius 3 is 2.74 bits per heavy atom. The van der Waals surface area contributed by atoms with Crippen molar-refractivity contribution in [2.24, 2.45) is 5.10 Å². The van der Waals surface area contributed by atoms with Gasteiger partial charge in [0.05, 0.1) is 0 Å². The van der Waals surface area contributed by atoms with Crippen LogP contribution in [0, 0.1) is 10.4 Å². The molecule has 1 aliphatic carbocycles. The molecule has 0 spiro atoms. The number of benzene rings is 2. The maximum absolute atomic E-state index is 12.9. The summed E-state index contributed by atoms with van der Waals surface area (Å²) in [6.45, 7) is 3.40. The van der Waals surface area contributed by atoms with Gasteiger partial charge >= 0.3 is 0 Å². The monoisotopic (exact) mass is 459 g/mol. The standard InChI is InChI=1S/C22H17N7O5/c1-2-19(30)23-14-6-4-7-15(12-14)24-22(31)13-5-3-8-16(11-13)27-25-20-17(28(27)32)9-10-18-21(20)26-34-29(18)33/h2-9,11-12,28H,1,10H2,(H,23,30)(H,24,31). The molecule has 1 aliphatic heterocycles. The van der Waals surface area contributed by atoms with Crippen molar-refractivity contribution in [3.8, 4) is 0 Å². The Balaban J connectivity index is 1.38. The van der Waals surface area contributed by atoms with Crippen molar-refractivity contribution in [3.63, 3.8) is 0 Å². The molecule has 0 radical (unpaired) electrons. The average molecular weight is 459 g/mol. The van der Waals surface area contributed by atoms with E-state index in [2.05, 4.69) is 32.1 Å². The summed E-state index contributed by atoms with van der Waals surface area (Å²) in [6.07, 6.45) is 2.95. The van der Waals surface area contributed by atoms with Gasteiger partial charge in [0.15, 0.2) is 5.70 Å². The highest BCUT2D eigenvalue weighted by Crippen LogP contribution is 2.23. The third kappa shape index (κ3) is 3.68. The highest BCUT2D eigenvalue weighted by Gasteiger charge is 2.41. The number of carbonyl (C=O) groups is 2. The van der Waals surface area contributed by atoms with Gasteiger partial charge in [0.25, 0.3) is 11.6 Å². The Morgan fingerprint density at radius 1 is 1.18 bits per heavy atom. The van der Waals surface area contributed by atoms with Gasteiger partial charge in [0.1, 0.15) is 5.69 Å². The lowest BCUT2D eigenvalue weighted by Crippen LogP contribution is -3.11. The number of hydrazone groups is 1. The Morgan fingerprint density at radius 2 is 1.94 bits per heavy atom. The van der Waals surface area contributed by atoms with Crippen molar-refractivity contribution < 1.29 is 24.3 Å². The summed E-state index contributed by atoms with van der Waals surface area (Å²) in [7, 11) is 0. The number of carbonyl (C=O) groups excluding carboxylic acids is 2. The van der Waals surface area contributed by atoms with E-state index in [-0.39, 0.29) is 35.0 Å². The Labute approximate surface area is 192 Å². The van der Waals surface area contributed by atoms with Gasteiger partial charge in [-0.25, -0.2) is 5.17 Å². The van der Waals surface area contributed by atoms with Crippen LogP contribution in [0.3, 0.4) is 0 Å². The highest BCUT2D eigenvalue weighted by molar-refractivity contribution is 6.12. The van der Waals surface area contributed by atoms with Crippen LogP contribution in [0.5, 0.6) is 0 Å². The lowest BCUT2D eigenvalue weighted by Gasteiger charge is -2.26. The third-order valence-corrected chi connectivity index (χ3v) is 5.23. The minimum absolute atomic E-state index is 0.199.